The summed E-state index contributed by atoms with van der Waals surface area (Å²) in [6, 6.07) is 0. The van der Waals surface area contributed by atoms with Gasteiger partial charge in [0.25, 0.3) is 5.82 Å². The Morgan fingerprint density at radius 1 is 1.53 bits per heavy atom. The minimum Gasteiger partial charge on any atom is -0.475 e. The number of hydrogen-bond donors (Lipinski definition) is 2. The summed E-state index contributed by atoms with van der Waals surface area (Å²) in [4.78, 5) is 16.4. The van der Waals surface area contributed by atoms with Gasteiger partial charge in [-0.3, -0.25) is 4.90 Å². The van der Waals surface area contributed by atoms with Crippen molar-refractivity contribution in [2.75, 3.05) is 26.2 Å². The van der Waals surface area contributed by atoms with Crippen molar-refractivity contribution in [2.24, 2.45) is 0 Å². The van der Waals surface area contributed by atoms with Gasteiger partial charge >= 0.3 is 5.97 Å². The summed E-state index contributed by atoms with van der Waals surface area (Å²) in [5.74, 6) is -1.08. The lowest BCUT2D eigenvalue weighted by Gasteiger charge is -2.25. The largest absolute Gasteiger partial charge is 0.475 e. The standard InChI is InChI=1S/C8H12N4O3/c13-8(14)7-10-6(15-11-7)5-12-3-1-9-2-4-12/h9H,1-5H2,(H,13,14). The summed E-state index contributed by atoms with van der Waals surface area (Å²) in [7, 11) is 0. The molecule has 1 aliphatic rings. The van der Waals surface area contributed by atoms with Gasteiger partial charge in [-0.2, -0.15) is 4.98 Å². The predicted octanol–water partition coefficient (Wildman–Crippen LogP) is -0.827. The van der Waals surface area contributed by atoms with Crippen molar-refractivity contribution in [3.63, 3.8) is 0 Å². The lowest BCUT2D eigenvalue weighted by molar-refractivity contribution is 0.0680. The van der Waals surface area contributed by atoms with Crippen molar-refractivity contribution in [1.29, 1.82) is 0 Å². The number of aromatic nitrogens is 2. The van der Waals surface area contributed by atoms with Gasteiger partial charge in [-0.15, -0.1) is 0 Å². The number of carboxylic acid groups (broad SMARTS) is 1. The number of nitrogens with one attached hydrogen (secondary N) is 1. The van der Waals surface area contributed by atoms with Gasteiger partial charge in [0.15, 0.2) is 0 Å². The van der Waals surface area contributed by atoms with Crippen LogP contribution in [0, 0.1) is 0 Å². The minimum absolute atomic E-state index is 0.278. The topological polar surface area (TPSA) is 91.5 Å². The molecule has 1 saturated heterocycles. The third kappa shape index (κ3) is 2.51. The summed E-state index contributed by atoms with van der Waals surface area (Å²) in [5.41, 5.74) is 0. The van der Waals surface area contributed by atoms with Gasteiger partial charge in [0.1, 0.15) is 0 Å². The van der Waals surface area contributed by atoms with E-state index in [9.17, 15) is 4.79 Å². The molecule has 0 atom stereocenters. The first-order valence-electron chi connectivity index (χ1n) is 4.74. The van der Waals surface area contributed by atoms with Gasteiger partial charge in [0.2, 0.25) is 5.89 Å². The van der Waals surface area contributed by atoms with E-state index >= 15 is 0 Å². The molecule has 0 radical (unpaired) electrons. The molecule has 0 unspecified atom stereocenters. The Balaban J connectivity index is 1.94. The van der Waals surface area contributed by atoms with Gasteiger partial charge in [-0.25, -0.2) is 4.79 Å². The number of hydrogen-bond acceptors (Lipinski definition) is 6. The molecule has 1 fully saturated rings. The second kappa shape index (κ2) is 4.37. The Kier molecular flexibility index (Phi) is 2.93. The minimum atomic E-state index is -1.16. The van der Waals surface area contributed by atoms with Crippen molar-refractivity contribution in [3.05, 3.63) is 11.7 Å². The van der Waals surface area contributed by atoms with E-state index in [1.165, 1.54) is 0 Å². The molecule has 0 aliphatic carbocycles. The highest BCUT2D eigenvalue weighted by Gasteiger charge is 2.16. The van der Waals surface area contributed by atoms with E-state index in [4.69, 9.17) is 9.63 Å². The first kappa shape index (κ1) is 10.1. The highest BCUT2D eigenvalue weighted by Crippen LogP contribution is 2.03. The number of carbonyl (C=O) groups is 1. The van der Waals surface area contributed by atoms with Crippen molar-refractivity contribution in [3.8, 4) is 0 Å². The third-order valence-corrected chi connectivity index (χ3v) is 2.23. The highest BCUT2D eigenvalue weighted by molar-refractivity contribution is 5.82. The van der Waals surface area contributed by atoms with Crippen LogP contribution in [0.5, 0.6) is 0 Å². The molecule has 0 spiro atoms. The van der Waals surface area contributed by atoms with Gasteiger partial charge in [0.05, 0.1) is 6.54 Å². The lowest BCUT2D eigenvalue weighted by Crippen LogP contribution is -2.42. The van der Waals surface area contributed by atoms with Crippen molar-refractivity contribution < 1.29 is 14.4 Å². The van der Waals surface area contributed by atoms with Crippen LogP contribution in [-0.2, 0) is 6.54 Å². The molecule has 1 aliphatic heterocycles. The van der Waals surface area contributed by atoms with Gasteiger partial charge in [-0.1, -0.05) is 0 Å². The second-order valence-corrected chi connectivity index (χ2v) is 3.34. The van der Waals surface area contributed by atoms with Gasteiger partial charge < -0.3 is 14.9 Å². The number of aromatic carboxylic acids is 1. The fourth-order valence-corrected chi connectivity index (χ4v) is 1.47. The molecule has 2 rings (SSSR count). The van der Waals surface area contributed by atoms with E-state index < -0.39 is 5.97 Å². The summed E-state index contributed by atoms with van der Waals surface area (Å²) >= 11 is 0. The van der Waals surface area contributed by atoms with Crippen LogP contribution < -0.4 is 5.32 Å². The summed E-state index contributed by atoms with van der Waals surface area (Å²) in [5, 5.41) is 15.2. The van der Waals surface area contributed by atoms with Crippen molar-refractivity contribution in [1.82, 2.24) is 20.4 Å². The Morgan fingerprint density at radius 2 is 2.27 bits per heavy atom. The normalized spacial score (nSPS) is 17.9. The zero-order chi connectivity index (χ0) is 10.7. The Morgan fingerprint density at radius 3 is 2.87 bits per heavy atom. The fraction of sp³-hybridized carbons (Fsp3) is 0.625. The van der Waals surface area contributed by atoms with Crippen LogP contribution in [0.15, 0.2) is 4.52 Å². The summed E-state index contributed by atoms with van der Waals surface area (Å²) < 4.78 is 4.82. The molecule has 15 heavy (non-hydrogen) atoms. The molecule has 1 aromatic heterocycles. The fourth-order valence-electron chi connectivity index (χ4n) is 1.47. The first-order chi connectivity index (χ1) is 7.25. The van der Waals surface area contributed by atoms with Crippen LogP contribution in [0.2, 0.25) is 0 Å². The quantitative estimate of drug-likeness (QED) is 0.675. The molecule has 7 nitrogen and oxygen atoms in total. The van der Waals surface area contributed by atoms with Crippen LogP contribution in [0.3, 0.4) is 0 Å². The Labute approximate surface area is 86.1 Å². The van der Waals surface area contributed by atoms with Gasteiger partial charge in [-0.05, 0) is 5.16 Å². The molecule has 0 aromatic carbocycles. The second-order valence-electron chi connectivity index (χ2n) is 3.34. The number of nitrogens with zero attached hydrogens (tertiary/aromatic N) is 3. The molecule has 2 heterocycles. The average molecular weight is 212 g/mol. The zero-order valence-corrected chi connectivity index (χ0v) is 8.14. The molecule has 0 saturated carbocycles. The van der Waals surface area contributed by atoms with E-state index in [2.05, 4.69) is 20.4 Å². The van der Waals surface area contributed by atoms with Crippen molar-refractivity contribution in [2.45, 2.75) is 6.54 Å². The molecule has 0 amide bonds. The van der Waals surface area contributed by atoms with E-state index in [0.717, 1.165) is 26.2 Å². The molecular formula is C8H12N4O3. The van der Waals surface area contributed by atoms with Crippen LogP contribution >= 0.6 is 0 Å². The van der Waals surface area contributed by atoms with E-state index in [0.29, 0.717) is 12.4 Å². The molecule has 82 valence electrons. The molecular weight excluding hydrogens is 200 g/mol. The van der Waals surface area contributed by atoms with Gasteiger partial charge in [0, 0.05) is 26.2 Å². The lowest BCUT2D eigenvalue weighted by atomic mass is 10.3. The monoisotopic (exact) mass is 212 g/mol. The maximum absolute atomic E-state index is 10.5. The first-order valence-corrected chi connectivity index (χ1v) is 4.74. The number of rotatable bonds is 3. The zero-order valence-electron chi connectivity index (χ0n) is 8.14. The van der Waals surface area contributed by atoms with E-state index in [-0.39, 0.29) is 5.82 Å². The Bertz CT molecular complexity index is 345. The number of piperazine rings is 1. The van der Waals surface area contributed by atoms with Crippen LogP contribution in [0.1, 0.15) is 16.5 Å². The molecule has 2 N–H and O–H groups in total. The third-order valence-electron chi connectivity index (χ3n) is 2.23. The highest BCUT2D eigenvalue weighted by atomic mass is 16.5. The summed E-state index contributed by atoms with van der Waals surface area (Å²) in [6.07, 6.45) is 0. The smallest absolute Gasteiger partial charge is 0.377 e. The maximum Gasteiger partial charge on any atom is 0.377 e. The molecule has 0 bridgehead atoms. The Hall–Kier alpha value is -1.47. The van der Waals surface area contributed by atoms with E-state index in [1.54, 1.807) is 0 Å². The maximum atomic E-state index is 10.5. The van der Waals surface area contributed by atoms with Crippen LogP contribution in [0.25, 0.3) is 0 Å². The average Bonchev–Trinajstić information content (AvgIpc) is 2.68. The van der Waals surface area contributed by atoms with Crippen molar-refractivity contribution >= 4 is 5.97 Å². The predicted molar refractivity (Wildman–Crippen MR) is 49.4 cm³/mol. The SMILES string of the molecule is O=C(O)c1noc(CN2CCNCC2)n1. The molecule has 1 aromatic rings. The van der Waals surface area contributed by atoms with E-state index in [1.807, 2.05) is 0 Å². The van der Waals surface area contributed by atoms with Crippen LogP contribution in [-0.4, -0.2) is 52.3 Å². The van der Waals surface area contributed by atoms with Crippen LogP contribution in [0.4, 0.5) is 0 Å². The number of carboxylic acids is 1. The summed E-state index contributed by atoms with van der Waals surface area (Å²) in [6.45, 7) is 4.19. The molecule has 7 heteroatoms.